The van der Waals surface area contributed by atoms with Crippen LogP contribution in [0.4, 0.5) is 17.6 Å². The van der Waals surface area contributed by atoms with Crippen LogP contribution in [0.15, 0.2) is 66.7 Å². The van der Waals surface area contributed by atoms with Crippen LogP contribution in [0.2, 0.25) is 0 Å². The van der Waals surface area contributed by atoms with E-state index in [4.69, 9.17) is 4.74 Å². The summed E-state index contributed by atoms with van der Waals surface area (Å²) in [5.74, 6) is -3.00. The Morgan fingerprint density at radius 2 is 1.74 bits per heavy atom. The number of carbonyl (C=O) groups is 2. The molecule has 2 atom stereocenters. The quantitative estimate of drug-likeness (QED) is 0.180. The van der Waals surface area contributed by atoms with Crippen molar-refractivity contribution in [2.45, 2.75) is 52.1 Å². The van der Waals surface area contributed by atoms with E-state index >= 15 is 8.78 Å². The first kappa shape index (κ1) is 31.7. The molecule has 0 radical (unpaired) electrons. The van der Waals surface area contributed by atoms with Crippen LogP contribution >= 0.6 is 0 Å². The topological polar surface area (TPSA) is 97.5 Å². The van der Waals surface area contributed by atoms with E-state index in [9.17, 15) is 23.5 Å². The van der Waals surface area contributed by atoms with E-state index < -0.39 is 35.6 Å². The van der Waals surface area contributed by atoms with E-state index in [1.807, 2.05) is 0 Å². The number of fused-ring (bicyclic) bond motifs is 1. The summed E-state index contributed by atoms with van der Waals surface area (Å²) < 4.78 is 67.1. The number of carboxylic acid groups (broad SMARTS) is 1. The van der Waals surface area contributed by atoms with Crippen molar-refractivity contribution < 1.29 is 37.0 Å². The maximum Gasteiger partial charge on any atom is 0.335 e. The first-order valence-corrected chi connectivity index (χ1v) is 14.9. The molecule has 0 saturated carbocycles. The Hall–Kier alpha value is -5.26. The fourth-order valence-electron chi connectivity index (χ4n) is 5.93. The molecule has 0 aliphatic carbocycles. The lowest BCUT2D eigenvalue weighted by molar-refractivity contribution is -0.130. The maximum atomic E-state index is 15.6. The van der Waals surface area contributed by atoms with E-state index in [1.165, 1.54) is 48.2 Å². The Bertz CT molecular complexity index is 2010. The lowest BCUT2D eigenvalue weighted by Crippen LogP contribution is -2.37. The zero-order valence-corrected chi connectivity index (χ0v) is 25.5. The third-order valence-electron chi connectivity index (χ3n) is 8.30. The van der Waals surface area contributed by atoms with E-state index in [2.05, 4.69) is 9.97 Å². The summed E-state index contributed by atoms with van der Waals surface area (Å²) in [6.45, 7) is 3.03. The Balaban J connectivity index is 1.30. The van der Waals surface area contributed by atoms with Gasteiger partial charge in [-0.25, -0.2) is 32.3 Å². The number of hydrogen-bond acceptors (Lipinski definition) is 5. The molecule has 2 aromatic heterocycles. The number of aromatic carboxylic acids is 1. The number of ether oxygens (including phenoxy) is 1. The number of aromatic nitrogens is 3. The number of carboxylic acids is 1. The highest BCUT2D eigenvalue weighted by Crippen LogP contribution is 2.30. The summed E-state index contributed by atoms with van der Waals surface area (Å²) in [6, 6.07) is 15.2. The van der Waals surface area contributed by atoms with Crippen molar-refractivity contribution >= 4 is 22.9 Å². The number of aryl methyl sites for hydroxylation is 1. The number of amides is 1. The molecule has 47 heavy (non-hydrogen) atoms. The lowest BCUT2D eigenvalue weighted by Gasteiger charge is -2.24. The minimum absolute atomic E-state index is 0.00676. The Morgan fingerprint density at radius 1 is 0.957 bits per heavy atom. The molecule has 0 unspecified atom stereocenters. The molecule has 3 aromatic carbocycles. The Kier molecular flexibility index (Phi) is 8.67. The molecular weight excluding hydrogens is 616 g/mol. The fraction of sp³-hybridized carbons (Fsp3) is 0.257. The molecule has 8 nitrogen and oxygen atoms in total. The second kappa shape index (κ2) is 12.9. The van der Waals surface area contributed by atoms with Gasteiger partial charge < -0.3 is 19.3 Å². The van der Waals surface area contributed by atoms with Gasteiger partial charge in [-0.1, -0.05) is 18.2 Å². The highest BCUT2D eigenvalue weighted by Gasteiger charge is 2.35. The number of imidazole rings is 1. The molecule has 5 aromatic rings. The SMILES string of the molecule is CC(=O)N1C[C@H](F)C[C@@H]1Cn1c(Cc2cc(F)c(-c3cccc(OCc4ccc(C)cc4F)n3)cc2F)nc2ccc(C(=O)O)cc21. The molecular formula is C35H30F4N4O4. The van der Waals surface area contributed by atoms with Crippen molar-refractivity contribution in [3.05, 3.63) is 112 Å². The van der Waals surface area contributed by atoms with E-state index in [1.54, 1.807) is 29.7 Å². The van der Waals surface area contributed by atoms with Crippen molar-refractivity contribution in [3.8, 4) is 17.1 Å². The summed E-state index contributed by atoms with van der Waals surface area (Å²) >= 11 is 0. The second-order valence-electron chi connectivity index (χ2n) is 11.7. The average molecular weight is 647 g/mol. The van der Waals surface area contributed by atoms with Crippen molar-refractivity contribution in [1.29, 1.82) is 0 Å². The molecule has 3 heterocycles. The number of carbonyl (C=O) groups excluding carboxylic acids is 1. The first-order valence-electron chi connectivity index (χ1n) is 14.9. The largest absolute Gasteiger partial charge is 0.478 e. The van der Waals surface area contributed by atoms with Crippen LogP contribution in [-0.4, -0.2) is 55.2 Å². The van der Waals surface area contributed by atoms with E-state index in [0.717, 1.165) is 17.7 Å². The molecule has 12 heteroatoms. The molecule has 242 valence electrons. The summed E-state index contributed by atoms with van der Waals surface area (Å²) in [5, 5.41) is 9.57. The minimum atomic E-state index is -1.22. The highest BCUT2D eigenvalue weighted by molar-refractivity contribution is 5.92. The first-order chi connectivity index (χ1) is 22.5. The minimum Gasteiger partial charge on any atom is -0.478 e. The Morgan fingerprint density at radius 3 is 2.49 bits per heavy atom. The smallest absolute Gasteiger partial charge is 0.335 e. The monoisotopic (exact) mass is 646 g/mol. The van der Waals surface area contributed by atoms with Crippen molar-refractivity contribution in [1.82, 2.24) is 19.4 Å². The molecule has 1 N–H and O–H groups in total. The number of nitrogens with zero attached hydrogens (tertiary/aromatic N) is 4. The van der Waals surface area contributed by atoms with Gasteiger partial charge in [0.2, 0.25) is 11.8 Å². The molecule has 1 saturated heterocycles. The van der Waals surface area contributed by atoms with Gasteiger partial charge in [-0.05, 0) is 60.5 Å². The summed E-state index contributed by atoms with van der Waals surface area (Å²) in [7, 11) is 0. The predicted molar refractivity (Wildman–Crippen MR) is 165 cm³/mol. The highest BCUT2D eigenvalue weighted by atomic mass is 19.1. The third-order valence-corrected chi connectivity index (χ3v) is 8.30. The van der Waals surface area contributed by atoms with Crippen LogP contribution in [0.3, 0.4) is 0 Å². The Labute approximate surface area is 267 Å². The van der Waals surface area contributed by atoms with Gasteiger partial charge in [-0.15, -0.1) is 0 Å². The number of pyridine rings is 1. The van der Waals surface area contributed by atoms with Gasteiger partial charge >= 0.3 is 5.97 Å². The zero-order chi connectivity index (χ0) is 33.4. The van der Waals surface area contributed by atoms with Gasteiger partial charge in [0.15, 0.2) is 0 Å². The van der Waals surface area contributed by atoms with E-state index in [-0.39, 0.29) is 72.5 Å². The zero-order valence-electron chi connectivity index (χ0n) is 25.5. The predicted octanol–water partition coefficient (Wildman–Crippen LogP) is 6.65. The van der Waals surface area contributed by atoms with Gasteiger partial charge in [-0.2, -0.15) is 0 Å². The van der Waals surface area contributed by atoms with Crippen LogP contribution in [0.5, 0.6) is 5.88 Å². The standard InChI is InChI=1S/C35H30F4N4O4/c1-19-6-7-22(27(37)10-19)18-47-34-5-3-4-30(41-34)26-15-28(38)23(11-29(26)39)13-33-40-31-9-8-21(35(45)46)12-32(31)43(33)17-25-14-24(36)16-42(25)20(2)44/h3-12,15,24-25H,13-14,16-18H2,1-2H3,(H,45,46)/t24-,25-/m1/s1. The molecule has 1 fully saturated rings. The number of likely N-dealkylation sites (tertiary alicyclic amines) is 1. The average Bonchev–Trinajstić information content (AvgIpc) is 3.57. The molecule has 1 aliphatic rings. The molecule has 0 spiro atoms. The van der Waals surface area contributed by atoms with Gasteiger partial charge in [0.25, 0.3) is 0 Å². The summed E-state index contributed by atoms with van der Waals surface area (Å²) in [6.07, 6.45) is -1.33. The van der Waals surface area contributed by atoms with Crippen LogP contribution in [0, 0.1) is 24.4 Å². The number of halogens is 4. The molecule has 1 aliphatic heterocycles. The summed E-state index contributed by atoms with van der Waals surface area (Å²) in [5.41, 5.74) is 1.87. The fourth-order valence-corrected chi connectivity index (χ4v) is 5.93. The number of hydrogen-bond donors (Lipinski definition) is 1. The summed E-state index contributed by atoms with van der Waals surface area (Å²) in [4.78, 5) is 34.2. The van der Waals surface area contributed by atoms with Crippen LogP contribution < -0.4 is 4.74 Å². The maximum absolute atomic E-state index is 15.6. The van der Waals surface area contributed by atoms with Gasteiger partial charge in [0.05, 0.1) is 34.9 Å². The van der Waals surface area contributed by atoms with Crippen LogP contribution in [-0.2, 0) is 24.4 Å². The van der Waals surface area contributed by atoms with Crippen molar-refractivity contribution in [2.24, 2.45) is 0 Å². The van der Waals surface area contributed by atoms with Crippen LogP contribution in [0.1, 0.15) is 46.2 Å². The third kappa shape index (κ3) is 6.67. The number of benzene rings is 3. The lowest BCUT2D eigenvalue weighted by atomic mass is 10.0. The van der Waals surface area contributed by atoms with Gasteiger partial charge in [0, 0.05) is 43.5 Å². The molecule has 6 rings (SSSR count). The van der Waals surface area contributed by atoms with Gasteiger partial charge in [-0.3, -0.25) is 4.79 Å². The number of rotatable bonds is 9. The van der Waals surface area contributed by atoms with Gasteiger partial charge in [0.1, 0.15) is 36.1 Å². The van der Waals surface area contributed by atoms with Crippen molar-refractivity contribution in [2.75, 3.05) is 6.54 Å². The van der Waals surface area contributed by atoms with E-state index in [0.29, 0.717) is 16.6 Å². The molecule has 0 bridgehead atoms. The number of alkyl halides is 1. The van der Waals surface area contributed by atoms with Crippen LogP contribution in [0.25, 0.3) is 22.3 Å². The second-order valence-corrected chi connectivity index (χ2v) is 11.7. The normalized spacial score (nSPS) is 16.2. The van der Waals surface area contributed by atoms with Crippen molar-refractivity contribution in [3.63, 3.8) is 0 Å². The molecule has 1 amide bonds.